The fraction of sp³-hybridized carbons (Fsp3) is 0.381. The van der Waals surface area contributed by atoms with Gasteiger partial charge in [-0.1, -0.05) is 18.2 Å². The molecule has 1 aliphatic carbocycles. The number of likely N-dealkylation sites (N-methyl/N-ethyl adjacent to an activating group) is 1. The number of amides is 2. The second kappa shape index (κ2) is 8.13. The Bertz CT molecular complexity index is 748. The molecule has 1 aromatic carbocycles. The number of rotatable bonds is 7. The Morgan fingerprint density at radius 3 is 2.35 bits per heavy atom. The second-order valence-corrected chi connectivity index (χ2v) is 6.73. The summed E-state index contributed by atoms with van der Waals surface area (Å²) in [5.74, 6) is -0.241. The average Bonchev–Trinajstić information content (AvgIpc) is 3.48. The van der Waals surface area contributed by atoms with Crippen molar-refractivity contribution >= 4 is 17.5 Å². The van der Waals surface area contributed by atoms with Gasteiger partial charge in [-0.05, 0) is 49.6 Å². The highest BCUT2D eigenvalue weighted by molar-refractivity contribution is 6.01. The van der Waals surface area contributed by atoms with Crippen LogP contribution in [0.5, 0.6) is 0 Å². The van der Waals surface area contributed by atoms with Crippen molar-refractivity contribution in [2.24, 2.45) is 11.8 Å². The molecule has 1 aromatic heterocycles. The van der Waals surface area contributed by atoms with E-state index in [1.807, 2.05) is 56.4 Å². The summed E-state index contributed by atoms with van der Waals surface area (Å²) in [5.41, 5.74) is 2.05. The molecule has 2 amide bonds. The van der Waals surface area contributed by atoms with E-state index in [2.05, 4.69) is 4.98 Å². The average molecular weight is 351 g/mol. The highest BCUT2D eigenvalue weighted by atomic mass is 16.2. The number of nitrogens with zero attached hydrogens (tertiary/aromatic N) is 3. The van der Waals surface area contributed by atoms with Crippen LogP contribution >= 0.6 is 0 Å². The molecule has 2 unspecified atom stereocenters. The largest absolute Gasteiger partial charge is 0.345 e. The van der Waals surface area contributed by atoms with Crippen LogP contribution in [0.3, 0.4) is 0 Å². The molecule has 1 saturated carbocycles. The van der Waals surface area contributed by atoms with Crippen LogP contribution in [0.4, 0.5) is 5.69 Å². The van der Waals surface area contributed by atoms with E-state index in [4.69, 9.17) is 0 Å². The van der Waals surface area contributed by atoms with Gasteiger partial charge in [0.05, 0.1) is 11.8 Å². The zero-order chi connectivity index (χ0) is 18.5. The number of carbonyl (C=O) groups excluding carboxylic acids is 2. The van der Waals surface area contributed by atoms with Crippen LogP contribution in [-0.2, 0) is 16.0 Å². The van der Waals surface area contributed by atoms with Gasteiger partial charge < -0.3 is 9.80 Å². The first-order valence-electron chi connectivity index (χ1n) is 9.12. The van der Waals surface area contributed by atoms with E-state index in [0.717, 1.165) is 17.7 Å². The maximum absolute atomic E-state index is 12.8. The smallest absolute Gasteiger partial charge is 0.230 e. The van der Waals surface area contributed by atoms with Crippen molar-refractivity contribution in [2.45, 2.75) is 19.8 Å². The van der Waals surface area contributed by atoms with Crippen molar-refractivity contribution in [1.82, 2.24) is 9.88 Å². The zero-order valence-corrected chi connectivity index (χ0v) is 15.3. The van der Waals surface area contributed by atoms with Gasteiger partial charge in [-0.15, -0.1) is 0 Å². The summed E-state index contributed by atoms with van der Waals surface area (Å²) in [5, 5.41) is 0. The van der Waals surface area contributed by atoms with Crippen LogP contribution in [0.1, 0.15) is 18.9 Å². The molecule has 5 nitrogen and oxygen atoms in total. The van der Waals surface area contributed by atoms with E-state index in [9.17, 15) is 9.59 Å². The number of carbonyl (C=O) groups is 2. The highest BCUT2D eigenvalue weighted by Crippen LogP contribution is 2.42. The third-order valence-electron chi connectivity index (χ3n) is 4.94. The molecule has 2 atom stereocenters. The molecule has 3 rings (SSSR count). The molecule has 0 aliphatic heterocycles. The molecule has 1 aliphatic rings. The highest BCUT2D eigenvalue weighted by Gasteiger charge is 2.50. The van der Waals surface area contributed by atoms with Crippen molar-refractivity contribution in [1.29, 1.82) is 0 Å². The molecule has 0 N–H and O–H groups in total. The van der Waals surface area contributed by atoms with Gasteiger partial charge in [0.25, 0.3) is 0 Å². The van der Waals surface area contributed by atoms with Crippen LogP contribution in [0.15, 0.2) is 54.9 Å². The third-order valence-corrected chi connectivity index (χ3v) is 4.94. The van der Waals surface area contributed by atoms with Crippen LogP contribution in [-0.4, -0.2) is 41.8 Å². The van der Waals surface area contributed by atoms with Crippen molar-refractivity contribution in [3.8, 4) is 0 Å². The third kappa shape index (κ3) is 4.10. The standard InChI is InChI=1S/C21H25N3O2/c1-3-24(17-7-5-4-6-8-17)21(26)19-15-18(19)20(25)23(2)14-11-16-9-12-22-13-10-16/h4-10,12-13,18-19H,3,11,14-15H2,1-2H3. The van der Waals surface area contributed by atoms with Gasteiger partial charge in [-0.25, -0.2) is 0 Å². The fourth-order valence-corrected chi connectivity index (χ4v) is 3.25. The summed E-state index contributed by atoms with van der Waals surface area (Å²) < 4.78 is 0. The van der Waals surface area contributed by atoms with Gasteiger partial charge >= 0.3 is 0 Å². The van der Waals surface area contributed by atoms with Gasteiger partial charge in [0.1, 0.15) is 0 Å². The first-order chi connectivity index (χ1) is 12.6. The van der Waals surface area contributed by atoms with Crippen LogP contribution < -0.4 is 4.90 Å². The maximum atomic E-state index is 12.8. The fourth-order valence-electron chi connectivity index (χ4n) is 3.25. The van der Waals surface area contributed by atoms with Crippen LogP contribution in [0.25, 0.3) is 0 Å². The predicted molar refractivity (Wildman–Crippen MR) is 102 cm³/mol. The number of hydrogen-bond donors (Lipinski definition) is 0. The summed E-state index contributed by atoms with van der Waals surface area (Å²) in [7, 11) is 1.82. The lowest BCUT2D eigenvalue weighted by atomic mass is 10.2. The van der Waals surface area contributed by atoms with Crippen LogP contribution in [0.2, 0.25) is 0 Å². The van der Waals surface area contributed by atoms with Crippen molar-refractivity contribution in [3.05, 3.63) is 60.4 Å². The Labute approximate surface area is 154 Å². The Kier molecular flexibility index (Phi) is 5.66. The van der Waals surface area contributed by atoms with E-state index in [1.54, 1.807) is 22.2 Å². The van der Waals surface area contributed by atoms with Crippen LogP contribution in [0, 0.1) is 11.8 Å². The van der Waals surface area contributed by atoms with E-state index < -0.39 is 0 Å². The van der Waals surface area contributed by atoms with Crippen molar-refractivity contribution in [3.63, 3.8) is 0 Å². The molecular formula is C21H25N3O2. The Morgan fingerprint density at radius 2 is 1.69 bits per heavy atom. The first kappa shape index (κ1) is 18.1. The zero-order valence-electron chi connectivity index (χ0n) is 15.3. The Morgan fingerprint density at radius 1 is 1.04 bits per heavy atom. The summed E-state index contributed by atoms with van der Waals surface area (Å²) >= 11 is 0. The second-order valence-electron chi connectivity index (χ2n) is 6.73. The summed E-state index contributed by atoms with van der Waals surface area (Å²) in [6.45, 7) is 3.22. The molecule has 0 bridgehead atoms. The van der Waals surface area contributed by atoms with E-state index in [1.165, 1.54) is 0 Å². The quantitative estimate of drug-likeness (QED) is 0.771. The van der Waals surface area contributed by atoms with Crippen molar-refractivity contribution in [2.75, 3.05) is 25.0 Å². The van der Waals surface area contributed by atoms with Gasteiger partial charge in [-0.3, -0.25) is 14.6 Å². The molecule has 0 saturated heterocycles. The Hall–Kier alpha value is -2.69. The molecule has 0 radical (unpaired) electrons. The monoisotopic (exact) mass is 351 g/mol. The number of aromatic nitrogens is 1. The minimum atomic E-state index is -0.189. The lowest BCUT2D eigenvalue weighted by Gasteiger charge is -2.22. The minimum absolute atomic E-state index is 0.0552. The molecule has 1 fully saturated rings. The van der Waals surface area contributed by atoms with E-state index in [-0.39, 0.29) is 23.7 Å². The molecule has 1 heterocycles. The van der Waals surface area contributed by atoms with Gasteiger partial charge in [-0.2, -0.15) is 0 Å². The topological polar surface area (TPSA) is 53.5 Å². The van der Waals surface area contributed by atoms with E-state index in [0.29, 0.717) is 19.5 Å². The molecule has 26 heavy (non-hydrogen) atoms. The number of pyridine rings is 1. The first-order valence-corrected chi connectivity index (χ1v) is 9.12. The van der Waals surface area contributed by atoms with Crippen molar-refractivity contribution < 1.29 is 9.59 Å². The summed E-state index contributed by atoms with van der Waals surface area (Å²) in [6.07, 6.45) is 4.97. The normalized spacial score (nSPS) is 18.2. The number of anilines is 1. The lowest BCUT2D eigenvalue weighted by molar-refractivity contribution is -0.133. The number of para-hydroxylation sites is 1. The molecule has 136 valence electrons. The SMILES string of the molecule is CCN(C(=O)C1CC1C(=O)N(C)CCc1ccncc1)c1ccccc1. The Balaban J connectivity index is 1.55. The molecule has 0 spiro atoms. The summed E-state index contributed by atoms with van der Waals surface area (Å²) in [6, 6.07) is 13.6. The molecule has 2 aromatic rings. The van der Waals surface area contributed by atoms with Gasteiger partial charge in [0.15, 0.2) is 0 Å². The number of hydrogen-bond acceptors (Lipinski definition) is 3. The maximum Gasteiger partial charge on any atom is 0.230 e. The molecule has 5 heteroatoms. The van der Waals surface area contributed by atoms with Gasteiger partial charge in [0, 0.05) is 38.2 Å². The number of benzene rings is 1. The summed E-state index contributed by atoms with van der Waals surface area (Å²) in [4.78, 5) is 33.0. The minimum Gasteiger partial charge on any atom is -0.345 e. The van der Waals surface area contributed by atoms with Gasteiger partial charge in [0.2, 0.25) is 11.8 Å². The van der Waals surface area contributed by atoms with E-state index >= 15 is 0 Å². The lowest BCUT2D eigenvalue weighted by Crippen LogP contribution is -2.35. The molecular weight excluding hydrogens is 326 g/mol. The predicted octanol–water partition coefficient (Wildman–Crippen LogP) is 2.77.